The van der Waals surface area contributed by atoms with Crippen molar-refractivity contribution in [2.45, 2.75) is 30.4 Å². The van der Waals surface area contributed by atoms with Crippen molar-refractivity contribution in [3.63, 3.8) is 0 Å². The predicted octanol–water partition coefficient (Wildman–Crippen LogP) is 3.86. The van der Waals surface area contributed by atoms with Gasteiger partial charge in [-0.2, -0.15) is 0 Å². The monoisotopic (exact) mass is 413 g/mol. The fourth-order valence-electron chi connectivity index (χ4n) is 2.80. The Morgan fingerprint density at radius 1 is 1.46 bits per heavy atom. The highest BCUT2D eigenvalue weighted by Gasteiger charge is 2.25. The Kier molecular flexibility index (Phi) is 8.42. The van der Waals surface area contributed by atoms with Crippen molar-refractivity contribution in [1.82, 2.24) is 10.2 Å². The number of ether oxygens (including phenoxy) is 1. The van der Waals surface area contributed by atoms with Crippen molar-refractivity contribution in [2.75, 3.05) is 39.9 Å². The molecule has 0 aliphatic carbocycles. The summed E-state index contributed by atoms with van der Waals surface area (Å²) in [6.45, 7) is 8.96. The highest BCUT2D eigenvalue weighted by atomic mass is 79.9. The van der Waals surface area contributed by atoms with E-state index in [4.69, 9.17) is 4.74 Å². The van der Waals surface area contributed by atoms with Crippen molar-refractivity contribution < 1.29 is 4.74 Å². The van der Waals surface area contributed by atoms with Crippen LogP contribution in [0.25, 0.3) is 0 Å². The number of hydrogen-bond acceptors (Lipinski definition) is 3. The molecular weight excluding hydrogens is 386 g/mol. The fourth-order valence-corrected chi connectivity index (χ4v) is 3.99. The van der Waals surface area contributed by atoms with Crippen LogP contribution in [0.1, 0.15) is 20.3 Å². The van der Waals surface area contributed by atoms with Crippen LogP contribution in [-0.2, 0) is 4.74 Å². The number of guanidine groups is 1. The lowest BCUT2D eigenvalue weighted by atomic mass is 10.1. The van der Waals surface area contributed by atoms with E-state index in [0.29, 0.717) is 11.2 Å². The maximum absolute atomic E-state index is 5.56. The Hall–Kier alpha value is -0.720. The van der Waals surface area contributed by atoms with Gasteiger partial charge in [0.25, 0.3) is 0 Å². The van der Waals surface area contributed by atoms with E-state index in [-0.39, 0.29) is 0 Å². The van der Waals surface area contributed by atoms with Crippen molar-refractivity contribution in [2.24, 2.45) is 10.9 Å². The summed E-state index contributed by atoms with van der Waals surface area (Å²) < 4.78 is 6.68. The van der Waals surface area contributed by atoms with Crippen LogP contribution >= 0.6 is 27.7 Å². The van der Waals surface area contributed by atoms with Gasteiger partial charge < -0.3 is 15.0 Å². The summed E-state index contributed by atoms with van der Waals surface area (Å²) in [5, 5.41) is 4.00. The molecule has 1 aliphatic heterocycles. The molecule has 4 nitrogen and oxygen atoms in total. The summed E-state index contributed by atoms with van der Waals surface area (Å²) in [5.41, 5.74) is 0. The van der Waals surface area contributed by atoms with Gasteiger partial charge >= 0.3 is 0 Å². The van der Waals surface area contributed by atoms with Crippen LogP contribution in [0.5, 0.6) is 0 Å². The van der Waals surface area contributed by atoms with Crippen molar-refractivity contribution >= 4 is 33.7 Å². The molecule has 2 unspecified atom stereocenters. The van der Waals surface area contributed by atoms with Crippen LogP contribution in [-0.4, -0.2) is 56.0 Å². The second-order valence-corrected chi connectivity index (χ2v) is 8.50. The molecule has 6 heteroatoms. The van der Waals surface area contributed by atoms with Crippen LogP contribution in [0.4, 0.5) is 0 Å². The molecule has 0 amide bonds. The number of benzene rings is 1. The number of nitrogens with zero attached hydrogens (tertiary/aromatic N) is 2. The van der Waals surface area contributed by atoms with Crippen molar-refractivity contribution in [3.05, 3.63) is 28.7 Å². The molecule has 0 saturated carbocycles. The Morgan fingerprint density at radius 2 is 2.21 bits per heavy atom. The first-order valence-corrected chi connectivity index (χ1v) is 10.2. The molecule has 0 bridgehead atoms. The molecule has 0 spiro atoms. The molecular formula is C18H28BrN3OS. The number of thioether (sulfide) groups is 1. The zero-order valence-corrected chi connectivity index (χ0v) is 17.2. The maximum atomic E-state index is 5.56. The highest BCUT2D eigenvalue weighted by molar-refractivity contribution is 9.10. The van der Waals surface area contributed by atoms with Crippen LogP contribution in [0.2, 0.25) is 0 Å². The molecule has 1 N–H and O–H groups in total. The molecule has 2 rings (SSSR count). The average molecular weight is 414 g/mol. The second-order valence-electron chi connectivity index (χ2n) is 6.07. The van der Waals surface area contributed by atoms with Gasteiger partial charge in [0.1, 0.15) is 0 Å². The Morgan fingerprint density at radius 3 is 2.88 bits per heavy atom. The van der Waals surface area contributed by atoms with E-state index in [1.54, 1.807) is 0 Å². The average Bonchev–Trinajstić information content (AvgIpc) is 3.04. The lowest BCUT2D eigenvalue weighted by Crippen LogP contribution is -2.42. The zero-order chi connectivity index (χ0) is 17.4. The van der Waals surface area contributed by atoms with Crippen molar-refractivity contribution in [1.29, 1.82) is 0 Å². The van der Waals surface area contributed by atoms with Gasteiger partial charge in [-0.1, -0.05) is 22.9 Å². The summed E-state index contributed by atoms with van der Waals surface area (Å²) in [4.78, 5) is 8.09. The van der Waals surface area contributed by atoms with Gasteiger partial charge in [-0.15, -0.1) is 11.8 Å². The Bertz CT molecular complexity index is 524. The third-order valence-corrected chi connectivity index (χ3v) is 5.70. The molecule has 1 aromatic rings. The van der Waals surface area contributed by atoms with E-state index < -0.39 is 0 Å². The molecule has 1 aliphatic rings. The molecule has 1 aromatic carbocycles. The predicted molar refractivity (Wildman–Crippen MR) is 107 cm³/mol. The molecule has 134 valence electrons. The second kappa shape index (κ2) is 10.3. The molecule has 0 radical (unpaired) electrons. The summed E-state index contributed by atoms with van der Waals surface area (Å²) >= 11 is 5.36. The minimum absolute atomic E-state index is 0.477. The molecule has 1 heterocycles. The van der Waals surface area contributed by atoms with Gasteiger partial charge in [0.15, 0.2) is 5.96 Å². The van der Waals surface area contributed by atoms with Crippen LogP contribution in [0, 0.1) is 5.92 Å². The SMILES string of the molecule is CCOCC1CCN(C(=NC)NCC(C)Sc2ccc(Br)cc2)C1. The summed E-state index contributed by atoms with van der Waals surface area (Å²) in [5.74, 6) is 1.63. The smallest absolute Gasteiger partial charge is 0.193 e. The van der Waals surface area contributed by atoms with Gasteiger partial charge in [0.05, 0.1) is 6.61 Å². The van der Waals surface area contributed by atoms with Crippen LogP contribution in [0.3, 0.4) is 0 Å². The first kappa shape index (κ1) is 19.6. The van der Waals surface area contributed by atoms with Crippen LogP contribution < -0.4 is 5.32 Å². The summed E-state index contributed by atoms with van der Waals surface area (Å²) in [6.07, 6.45) is 1.18. The molecule has 0 aromatic heterocycles. The zero-order valence-electron chi connectivity index (χ0n) is 14.8. The van der Waals surface area contributed by atoms with E-state index in [0.717, 1.165) is 43.3 Å². The van der Waals surface area contributed by atoms with Crippen LogP contribution in [0.15, 0.2) is 38.6 Å². The van der Waals surface area contributed by atoms with Gasteiger partial charge in [-0.05, 0) is 37.6 Å². The number of hydrogen-bond donors (Lipinski definition) is 1. The standard InChI is InChI=1S/C18H28BrN3OS/c1-4-23-13-15-9-10-22(12-15)18(20-3)21-11-14(2)24-17-7-5-16(19)6-8-17/h5-8,14-15H,4,9-13H2,1-3H3,(H,20,21). The highest BCUT2D eigenvalue weighted by Crippen LogP contribution is 2.24. The molecule has 1 fully saturated rings. The largest absolute Gasteiger partial charge is 0.381 e. The van der Waals surface area contributed by atoms with E-state index in [1.807, 2.05) is 18.8 Å². The molecule has 1 saturated heterocycles. The number of rotatable bonds is 7. The third-order valence-electron chi connectivity index (χ3n) is 4.05. The first-order valence-electron chi connectivity index (χ1n) is 8.58. The van der Waals surface area contributed by atoms with Gasteiger partial charge in [-0.25, -0.2) is 0 Å². The van der Waals surface area contributed by atoms with E-state index in [1.165, 1.54) is 11.3 Å². The van der Waals surface area contributed by atoms with E-state index in [9.17, 15) is 0 Å². The molecule has 24 heavy (non-hydrogen) atoms. The minimum Gasteiger partial charge on any atom is -0.381 e. The normalized spacial score (nSPS) is 19.6. The third kappa shape index (κ3) is 6.30. The summed E-state index contributed by atoms with van der Waals surface area (Å²) in [7, 11) is 1.87. The lowest BCUT2D eigenvalue weighted by Gasteiger charge is -2.23. The quantitative estimate of drug-likeness (QED) is 0.418. The Labute approximate surface area is 158 Å². The number of likely N-dealkylation sites (tertiary alicyclic amines) is 1. The topological polar surface area (TPSA) is 36.9 Å². The number of halogens is 1. The minimum atomic E-state index is 0.477. The van der Waals surface area contributed by atoms with Gasteiger partial charge in [-0.3, -0.25) is 4.99 Å². The fraction of sp³-hybridized carbons (Fsp3) is 0.611. The first-order chi connectivity index (χ1) is 11.6. The van der Waals surface area contributed by atoms with Crippen molar-refractivity contribution in [3.8, 4) is 0 Å². The van der Waals surface area contributed by atoms with E-state index in [2.05, 4.69) is 69.3 Å². The summed E-state index contributed by atoms with van der Waals surface area (Å²) in [6, 6.07) is 8.48. The van der Waals surface area contributed by atoms with Gasteiger partial charge in [0.2, 0.25) is 0 Å². The number of nitrogens with one attached hydrogen (secondary N) is 1. The lowest BCUT2D eigenvalue weighted by molar-refractivity contribution is 0.114. The van der Waals surface area contributed by atoms with E-state index >= 15 is 0 Å². The van der Waals surface area contributed by atoms with Gasteiger partial charge in [0, 0.05) is 53.8 Å². The Balaban J connectivity index is 1.76. The number of aliphatic imine (C=N–C) groups is 1. The molecule has 2 atom stereocenters. The maximum Gasteiger partial charge on any atom is 0.193 e.